The number of aryl methyl sites for hydroxylation is 2. The van der Waals surface area contributed by atoms with Crippen LogP contribution in [-0.4, -0.2) is 46.3 Å². The van der Waals surface area contributed by atoms with Gasteiger partial charge in [0.2, 0.25) is 5.91 Å². The van der Waals surface area contributed by atoms with Crippen LogP contribution in [0.3, 0.4) is 0 Å². The minimum atomic E-state index is -3.68. The lowest BCUT2D eigenvalue weighted by molar-refractivity contribution is -0.120. The topological polar surface area (TPSA) is 97.2 Å². The van der Waals surface area contributed by atoms with Crippen molar-refractivity contribution < 1.29 is 13.2 Å². The molecule has 1 amide bonds. The maximum absolute atomic E-state index is 12.7. The predicted octanol–water partition coefficient (Wildman–Crippen LogP) is 1.16. The van der Waals surface area contributed by atoms with Gasteiger partial charge in [0.1, 0.15) is 5.82 Å². The van der Waals surface area contributed by atoms with Gasteiger partial charge in [0.15, 0.2) is 5.03 Å². The molecule has 1 aliphatic heterocycles. The number of pyridine rings is 1. The number of nitrogens with one attached hydrogen (secondary N) is 1. The number of anilines is 1. The summed E-state index contributed by atoms with van der Waals surface area (Å²) in [4.78, 5) is 20.6. The average molecular weight is 363 g/mol. The highest BCUT2D eigenvalue weighted by molar-refractivity contribution is 7.89. The molecule has 0 aliphatic carbocycles. The van der Waals surface area contributed by atoms with E-state index in [1.165, 1.54) is 16.8 Å². The van der Waals surface area contributed by atoms with Crippen LogP contribution in [0.5, 0.6) is 0 Å². The number of rotatable bonds is 4. The Hall–Kier alpha value is -2.26. The fourth-order valence-electron chi connectivity index (χ4n) is 2.80. The van der Waals surface area contributed by atoms with Gasteiger partial charge < -0.3 is 9.88 Å². The number of amides is 1. The highest BCUT2D eigenvalue weighted by Gasteiger charge is 2.34. The normalized spacial score (nSPS) is 18.9. The maximum atomic E-state index is 12.7. The van der Waals surface area contributed by atoms with E-state index in [1.807, 2.05) is 13.0 Å². The van der Waals surface area contributed by atoms with Gasteiger partial charge in [-0.2, -0.15) is 4.31 Å². The molecule has 25 heavy (non-hydrogen) atoms. The van der Waals surface area contributed by atoms with Gasteiger partial charge in [0.05, 0.1) is 12.2 Å². The molecule has 0 saturated carbocycles. The van der Waals surface area contributed by atoms with E-state index in [-0.39, 0.29) is 17.5 Å². The highest BCUT2D eigenvalue weighted by Crippen LogP contribution is 2.23. The molecule has 0 radical (unpaired) electrons. The van der Waals surface area contributed by atoms with Crippen molar-refractivity contribution in [3.63, 3.8) is 0 Å². The van der Waals surface area contributed by atoms with Crippen LogP contribution in [0.2, 0.25) is 0 Å². The monoisotopic (exact) mass is 363 g/mol. The average Bonchev–Trinajstić information content (AvgIpc) is 3.04. The van der Waals surface area contributed by atoms with Crippen molar-refractivity contribution in [1.29, 1.82) is 0 Å². The zero-order valence-corrected chi connectivity index (χ0v) is 15.0. The molecule has 1 saturated heterocycles. The molecule has 1 atom stereocenters. The van der Waals surface area contributed by atoms with Crippen LogP contribution in [0.15, 0.2) is 35.9 Å². The Labute approximate surface area is 146 Å². The van der Waals surface area contributed by atoms with Crippen molar-refractivity contribution in [2.75, 3.05) is 18.4 Å². The third-order valence-corrected chi connectivity index (χ3v) is 5.95. The number of carbonyl (C=O) groups excluding carboxylic acids is 1. The Bertz CT molecular complexity index is 860. The van der Waals surface area contributed by atoms with Crippen LogP contribution in [-0.2, 0) is 21.9 Å². The summed E-state index contributed by atoms with van der Waals surface area (Å²) < 4.78 is 28.3. The van der Waals surface area contributed by atoms with E-state index < -0.39 is 15.9 Å². The molecule has 2 aromatic heterocycles. The minimum Gasteiger partial charge on any atom is -0.339 e. The van der Waals surface area contributed by atoms with Crippen LogP contribution in [0.4, 0.5) is 5.82 Å². The predicted molar refractivity (Wildman–Crippen MR) is 92.3 cm³/mol. The Kier molecular flexibility index (Phi) is 4.87. The van der Waals surface area contributed by atoms with Crippen LogP contribution in [0, 0.1) is 12.8 Å². The summed E-state index contributed by atoms with van der Waals surface area (Å²) in [5, 5.41) is 2.77. The summed E-state index contributed by atoms with van der Waals surface area (Å²) in [6.07, 6.45) is 5.87. The number of hydrogen-bond acceptors (Lipinski definition) is 5. The molecule has 0 spiro atoms. The molecule has 1 N–H and O–H groups in total. The van der Waals surface area contributed by atoms with Crippen LogP contribution >= 0.6 is 0 Å². The lowest BCUT2D eigenvalue weighted by Crippen LogP contribution is -2.43. The standard InChI is InChI=1S/C16H21N5O3S/c1-12-5-6-14(17-8-12)19-16(22)13-4-3-7-21(9-13)25(23,24)15-10-20(2)11-18-15/h5-6,8,10-11,13H,3-4,7,9H2,1-2H3,(H,17,19,22)/t13-/m1/s1. The maximum Gasteiger partial charge on any atom is 0.262 e. The van der Waals surface area contributed by atoms with E-state index in [4.69, 9.17) is 0 Å². The van der Waals surface area contributed by atoms with Gasteiger partial charge in [-0.05, 0) is 31.4 Å². The Balaban J connectivity index is 1.70. The smallest absolute Gasteiger partial charge is 0.262 e. The molecule has 3 heterocycles. The lowest BCUT2D eigenvalue weighted by atomic mass is 9.99. The fraction of sp³-hybridized carbons (Fsp3) is 0.438. The van der Waals surface area contributed by atoms with Gasteiger partial charge >= 0.3 is 0 Å². The first-order valence-electron chi connectivity index (χ1n) is 8.08. The Morgan fingerprint density at radius 2 is 2.12 bits per heavy atom. The van der Waals surface area contributed by atoms with Crippen molar-refractivity contribution in [2.45, 2.75) is 24.8 Å². The molecule has 0 aromatic carbocycles. The molecule has 1 fully saturated rings. The minimum absolute atomic E-state index is 0.0104. The van der Waals surface area contributed by atoms with Gasteiger partial charge in [-0.3, -0.25) is 4.79 Å². The second-order valence-electron chi connectivity index (χ2n) is 6.29. The lowest BCUT2D eigenvalue weighted by Gasteiger charge is -2.30. The van der Waals surface area contributed by atoms with E-state index in [0.29, 0.717) is 25.2 Å². The van der Waals surface area contributed by atoms with Crippen LogP contribution in [0.1, 0.15) is 18.4 Å². The first-order chi connectivity index (χ1) is 11.9. The van der Waals surface area contributed by atoms with Crippen molar-refractivity contribution in [1.82, 2.24) is 18.8 Å². The number of sulfonamides is 1. The van der Waals surface area contributed by atoms with E-state index in [1.54, 1.807) is 23.9 Å². The number of hydrogen-bond donors (Lipinski definition) is 1. The number of carbonyl (C=O) groups is 1. The van der Waals surface area contributed by atoms with E-state index in [0.717, 1.165) is 5.56 Å². The summed E-state index contributed by atoms with van der Waals surface area (Å²) in [6.45, 7) is 2.46. The summed E-state index contributed by atoms with van der Waals surface area (Å²) in [5.41, 5.74) is 1.00. The molecular formula is C16H21N5O3S. The largest absolute Gasteiger partial charge is 0.339 e. The number of nitrogens with zero attached hydrogens (tertiary/aromatic N) is 4. The molecule has 134 valence electrons. The van der Waals surface area contributed by atoms with Gasteiger partial charge in [0.25, 0.3) is 10.0 Å². The zero-order chi connectivity index (χ0) is 18.0. The van der Waals surface area contributed by atoms with Crippen LogP contribution in [0.25, 0.3) is 0 Å². The summed E-state index contributed by atoms with van der Waals surface area (Å²) >= 11 is 0. The van der Waals surface area contributed by atoms with Gasteiger partial charge in [-0.25, -0.2) is 18.4 Å². The number of aromatic nitrogens is 3. The number of imidazole rings is 1. The SMILES string of the molecule is Cc1ccc(NC(=O)[C@@H]2CCCN(S(=O)(=O)c3cn(C)cn3)C2)nc1. The molecule has 2 aromatic rings. The molecule has 9 heteroatoms. The molecule has 1 aliphatic rings. The molecule has 0 unspecified atom stereocenters. The van der Waals surface area contributed by atoms with E-state index >= 15 is 0 Å². The Morgan fingerprint density at radius 3 is 2.76 bits per heavy atom. The highest BCUT2D eigenvalue weighted by atomic mass is 32.2. The molecule has 3 rings (SSSR count). The van der Waals surface area contributed by atoms with Gasteiger partial charge in [-0.1, -0.05) is 6.07 Å². The molecule has 8 nitrogen and oxygen atoms in total. The summed E-state index contributed by atoms with van der Waals surface area (Å²) in [6, 6.07) is 3.60. The van der Waals surface area contributed by atoms with E-state index in [9.17, 15) is 13.2 Å². The van der Waals surface area contributed by atoms with Crippen molar-refractivity contribution >= 4 is 21.7 Å². The zero-order valence-electron chi connectivity index (χ0n) is 14.2. The fourth-order valence-corrected chi connectivity index (χ4v) is 4.29. The van der Waals surface area contributed by atoms with Gasteiger partial charge in [0, 0.05) is 32.5 Å². The van der Waals surface area contributed by atoms with Crippen LogP contribution < -0.4 is 5.32 Å². The van der Waals surface area contributed by atoms with Crippen molar-refractivity contribution in [3.05, 3.63) is 36.4 Å². The second kappa shape index (κ2) is 6.93. The molecule has 0 bridgehead atoms. The quantitative estimate of drug-likeness (QED) is 0.879. The van der Waals surface area contributed by atoms with Crippen molar-refractivity contribution in [3.8, 4) is 0 Å². The Morgan fingerprint density at radius 1 is 1.32 bits per heavy atom. The third-order valence-electron chi connectivity index (χ3n) is 4.20. The first-order valence-corrected chi connectivity index (χ1v) is 9.52. The molecular weight excluding hydrogens is 342 g/mol. The van der Waals surface area contributed by atoms with Gasteiger partial charge in [-0.15, -0.1) is 0 Å². The number of piperidine rings is 1. The third kappa shape index (κ3) is 3.88. The van der Waals surface area contributed by atoms with Crippen molar-refractivity contribution in [2.24, 2.45) is 13.0 Å². The first kappa shape index (κ1) is 17.6. The summed E-state index contributed by atoms with van der Waals surface area (Å²) in [5.74, 6) is -0.145. The second-order valence-corrected chi connectivity index (χ2v) is 8.17. The van der Waals surface area contributed by atoms with E-state index in [2.05, 4.69) is 15.3 Å². The summed E-state index contributed by atoms with van der Waals surface area (Å²) in [7, 11) is -1.97.